The van der Waals surface area contributed by atoms with Gasteiger partial charge in [-0.2, -0.15) is 0 Å². The predicted molar refractivity (Wildman–Crippen MR) is 123 cm³/mol. The summed E-state index contributed by atoms with van der Waals surface area (Å²) in [5.74, 6) is -0.605. The summed E-state index contributed by atoms with van der Waals surface area (Å²) in [4.78, 5) is 24.3. The first-order valence-electron chi connectivity index (χ1n) is 10.5. The second-order valence-corrected chi connectivity index (χ2v) is 8.30. The van der Waals surface area contributed by atoms with E-state index in [9.17, 15) is 19.1 Å². The Morgan fingerprint density at radius 2 is 1.97 bits per heavy atom. The zero-order valence-electron chi connectivity index (χ0n) is 18.5. The summed E-state index contributed by atoms with van der Waals surface area (Å²) >= 11 is 5.91. The van der Waals surface area contributed by atoms with Crippen LogP contribution in [0.2, 0.25) is 5.02 Å². The summed E-state index contributed by atoms with van der Waals surface area (Å²) in [6.45, 7) is 5.24. The molecule has 2 aromatic carbocycles. The summed E-state index contributed by atoms with van der Waals surface area (Å²) in [6, 6.07) is 7.47. The summed E-state index contributed by atoms with van der Waals surface area (Å²) in [5, 5.41) is 19.1. The molecule has 0 unspecified atom stereocenters. The van der Waals surface area contributed by atoms with Gasteiger partial charge in [-0.05, 0) is 49.6 Å². The van der Waals surface area contributed by atoms with Crippen molar-refractivity contribution in [2.45, 2.75) is 45.8 Å². The Bertz CT molecular complexity index is 1240. The van der Waals surface area contributed by atoms with Crippen LogP contribution in [0.25, 0.3) is 10.9 Å². The van der Waals surface area contributed by atoms with E-state index >= 15 is 0 Å². The number of halogens is 2. The minimum atomic E-state index is -1.63. The minimum absolute atomic E-state index is 0.0137. The third-order valence-electron chi connectivity index (χ3n) is 5.18. The highest BCUT2D eigenvalue weighted by Gasteiger charge is 2.22. The molecule has 2 N–H and O–H groups in total. The number of rotatable bonds is 8. The number of fused-ring (bicyclic) bond motifs is 1. The van der Waals surface area contributed by atoms with Gasteiger partial charge in [-0.15, -0.1) is 0 Å². The van der Waals surface area contributed by atoms with Crippen LogP contribution in [0.5, 0.6) is 11.5 Å². The fourth-order valence-corrected chi connectivity index (χ4v) is 3.90. The average molecular weight is 478 g/mol. The third kappa shape index (κ3) is 5.29. The first-order chi connectivity index (χ1) is 15.7. The van der Waals surface area contributed by atoms with E-state index in [4.69, 9.17) is 26.2 Å². The SMILES string of the molecule is CC[C@@H](CO)n1cc(OC(=O)O)c(=O)c2cc(Cc3cccc(Cl)c3F)cc(OC(C)C)c21. The number of carbonyl (C=O) groups is 1. The van der Waals surface area contributed by atoms with Crippen molar-refractivity contribution in [3.8, 4) is 11.5 Å². The first kappa shape index (κ1) is 24.5. The average Bonchev–Trinajstić information content (AvgIpc) is 2.74. The number of ether oxygens (including phenoxy) is 2. The topological polar surface area (TPSA) is 98.0 Å². The molecule has 0 bridgehead atoms. The molecular weight excluding hydrogens is 453 g/mol. The second-order valence-electron chi connectivity index (χ2n) is 7.89. The number of aliphatic hydroxyl groups excluding tert-OH is 1. The number of benzene rings is 2. The van der Waals surface area contributed by atoms with Gasteiger partial charge in [0.05, 0.1) is 40.9 Å². The molecule has 0 amide bonds. The summed E-state index contributed by atoms with van der Waals surface area (Å²) in [5.41, 5.74) is 0.631. The highest BCUT2D eigenvalue weighted by molar-refractivity contribution is 6.30. The van der Waals surface area contributed by atoms with Crippen molar-refractivity contribution >= 4 is 28.7 Å². The lowest BCUT2D eigenvalue weighted by Gasteiger charge is -2.23. The molecule has 9 heteroatoms. The number of aromatic nitrogens is 1. The van der Waals surface area contributed by atoms with Gasteiger partial charge in [-0.25, -0.2) is 9.18 Å². The molecule has 0 saturated heterocycles. The Balaban J connectivity index is 2.33. The lowest BCUT2D eigenvalue weighted by atomic mass is 10.0. The lowest BCUT2D eigenvalue weighted by molar-refractivity contribution is 0.143. The Hall–Kier alpha value is -3.10. The highest BCUT2D eigenvalue weighted by atomic mass is 35.5. The van der Waals surface area contributed by atoms with Crippen LogP contribution in [0.15, 0.2) is 41.3 Å². The van der Waals surface area contributed by atoms with Gasteiger partial charge in [0.25, 0.3) is 0 Å². The maximum atomic E-state index is 14.5. The molecule has 1 heterocycles. The quantitative estimate of drug-likeness (QED) is 0.434. The molecule has 1 atom stereocenters. The van der Waals surface area contributed by atoms with Crippen molar-refractivity contribution in [3.05, 3.63) is 68.7 Å². The van der Waals surface area contributed by atoms with E-state index in [0.29, 0.717) is 28.8 Å². The van der Waals surface area contributed by atoms with E-state index in [1.165, 1.54) is 12.3 Å². The van der Waals surface area contributed by atoms with Crippen LogP contribution >= 0.6 is 11.6 Å². The number of carboxylic acid groups (broad SMARTS) is 1. The van der Waals surface area contributed by atoms with Crippen LogP contribution in [0, 0.1) is 5.82 Å². The van der Waals surface area contributed by atoms with E-state index in [1.54, 1.807) is 28.8 Å². The summed E-state index contributed by atoms with van der Waals surface area (Å²) < 4.78 is 26.8. The van der Waals surface area contributed by atoms with E-state index in [0.717, 1.165) is 0 Å². The Labute approximate surface area is 194 Å². The van der Waals surface area contributed by atoms with Crippen molar-refractivity contribution in [1.82, 2.24) is 4.57 Å². The molecule has 0 fully saturated rings. The predicted octanol–water partition coefficient (Wildman–Crippen LogP) is 5.17. The summed E-state index contributed by atoms with van der Waals surface area (Å²) in [6.07, 6.45) is 0.00623. The van der Waals surface area contributed by atoms with Crippen molar-refractivity contribution in [3.63, 3.8) is 0 Å². The van der Waals surface area contributed by atoms with E-state index in [-0.39, 0.29) is 29.5 Å². The van der Waals surface area contributed by atoms with Crippen LogP contribution in [-0.2, 0) is 6.42 Å². The van der Waals surface area contributed by atoms with Crippen molar-refractivity contribution in [2.75, 3.05) is 6.61 Å². The van der Waals surface area contributed by atoms with Gasteiger partial charge in [0.15, 0.2) is 5.75 Å². The summed E-state index contributed by atoms with van der Waals surface area (Å²) in [7, 11) is 0. The minimum Gasteiger partial charge on any atom is -0.489 e. The standard InChI is InChI=1S/C24H25ClFNO6/c1-4-16(12-28)27-11-20(33-24(30)31)23(29)17-9-14(10-19(22(17)27)32-13(2)3)8-15-6-5-7-18(25)21(15)26/h5-7,9-11,13,16,28H,4,8,12H2,1-3H3,(H,30,31)/t16-/m0/s1. The second kappa shape index (κ2) is 10.2. The zero-order valence-corrected chi connectivity index (χ0v) is 19.2. The van der Waals surface area contributed by atoms with E-state index < -0.39 is 29.2 Å². The number of nitrogens with zero attached hydrogens (tertiary/aromatic N) is 1. The van der Waals surface area contributed by atoms with Gasteiger partial charge in [0, 0.05) is 6.42 Å². The van der Waals surface area contributed by atoms with Crippen LogP contribution in [0.3, 0.4) is 0 Å². The Morgan fingerprint density at radius 1 is 1.24 bits per heavy atom. The molecule has 3 aromatic rings. The maximum Gasteiger partial charge on any atom is 0.511 e. The number of aliphatic hydroxyl groups is 1. The van der Waals surface area contributed by atoms with Gasteiger partial charge < -0.3 is 24.3 Å². The lowest BCUT2D eigenvalue weighted by Crippen LogP contribution is -2.21. The fraction of sp³-hybridized carbons (Fsp3) is 0.333. The van der Waals surface area contributed by atoms with Gasteiger partial charge >= 0.3 is 6.16 Å². The van der Waals surface area contributed by atoms with Crippen molar-refractivity contribution < 1.29 is 28.9 Å². The zero-order chi connectivity index (χ0) is 24.3. The Kier molecular flexibility index (Phi) is 7.61. The van der Waals surface area contributed by atoms with Crippen LogP contribution in [0.1, 0.15) is 44.4 Å². The van der Waals surface area contributed by atoms with Crippen LogP contribution in [0.4, 0.5) is 9.18 Å². The van der Waals surface area contributed by atoms with E-state index in [2.05, 4.69) is 0 Å². The van der Waals surface area contributed by atoms with Gasteiger partial charge in [0.1, 0.15) is 11.6 Å². The van der Waals surface area contributed by atoms with Crippen LogP contribution < -0.4 is 14.9 Å². The maximum absolute atomic E-state index is 14.5. The molecule has 0 spiro atoms. The van der Waals surface area contributed by atoms with Crippen molar-refractivity contribution in [1.29, 1.82) is 0 Å². The van der Waals surface area contributed by atoms with Crippen molar-refractivity contribution in [2.24, 2.45) is 0 Å². The molecule has 0 aliphatic heterocycles. The first-order valence-corrected chi connectivity index (χ1v) is 10.9. The molecule has 176 valence electrons. The van der Waals surface area contributed by atoms with Gasteiger partial charge in [-0.3, -0.25) is 4.79 Å². The monoisotopic (exact) mass is 477 g/mol. The normalized spacial score (nSPS) is 12.2. The molecule has 0 aliphatic carbocycles. The van der Waals surface area contributed by atoms with Gasteiger partial charge in [0.2, 0.25) is 5.43 Å². The fourth-order valence-electron chi connectivity index (χ4n) is 3.71. The molecule has 0 radical (unpaired) electrons. The Morgan fingerprint density at radius 3 is 2.58 bits per heavy atom. The molecule has 33 heavy (non-hydrogen) atoms. The molecule has 0 aliphatic rings. The highest BCUT2D eigenvalue weighted by Crippen LogP contribution is 2.33. The molecule has 1 aromatic heterocycles. The number of hydrogen-bond acceptors (Lipinski definition) is 5. The van der Waals surface area contributed by atoms with E-state index in [1.807, 2.05) is 20.8 Å². The molecule has 3 rings (SSSR count). The van der Waals surface area contributed by atoms with Gasteiger partial charge in [-0.1, -0.05) is 30.7 Å². The number of hydrogen-bond donors (Lipinski definition) is 2. The smallest absolute Gasteiger partial charge is 0.489 e. The number of pyridine rings is 1. The third-order valence-corrected chi connectivity index (χ3v) is 5.47. The van der Waals surface area contributed by atoms with Crippen LogP contribution in [-0.4, -0.2) is 33.6 Å². The molecule has 0 saturated carbocycles. The molecular formula is C24H25ClFNO6. The molecule has 7 nitrogen and oxygen atoms in total. The largest absolute Gasteiger partial charge is 0.511 e.